The molecule has 0 bridgehead atoms. The quantitative estimate of drug-likeness (QED) is 0.0260. The Hall–Kier alpha value is -6.72. The van der Waals surface area contributed by atoms with Crippen LogP contribution in [0.2, 0.25) is 10.0 Å². The molecule has 380 valence electrons. The molecular formula is C52H42CaCl2N6O12S2. The number of carbonyl (C=O) groups is 1. The molecular weight excluding hydrogens is 1080 g/mol. The maximum absolute atomic E-state index is 13.3. The van der Waals surface area contributed by atoms with Crippen molar-refractivity contribution in [3.8, 4) is 23.0 Å². The van der Waals surface area contributed by atoms with Crippen LogP contribution < -0.4 is 25.0 Å². The number of nitrogens with zero attached hydrogens (tertiary/aromatic N) is 5. The van der Waals surface area contributed by atoms with Crippen LogP contribution >= 0.6 is 23.2 Å². The van der Waals surface area contributed by atoms with E-state index in [-0.39, 0.29) is 92.8 Å². The minimum atomic E-state index is -4.57. The zero-order valence-electron chi connectivity index (χ0n) is 40.1. The number of aromatic hydroxyl groups is 1. The summed E-state index contributed by atoms with van der Waals surface area (Å²) in [6, 6.07) is 35.1. The molecule has 0 saturated heterocycles. The van der Waals surface area contributed by atoms with Gasteiger partial charge in [-0.25, -0.2) is 0 Å². The molecule has 0 heterocycles. The van der Waals surface area contributed by atoms with Crippen molar-refractivity contribution in [3.05, 3.63) is 166 Å². The Balaban J connectivity index is 0.000000241. The van der Waals surface area contributed by atoms with Crippen molar-refractivity contribution < 1.29 is 55.5 Å². The van der Waals surface area contributed by atoms with E-state index in [1.54, 1.807) is 97.1 Å². The zero-order chi connectivity index (χ0) is 53.5. The van der Waals surface area contributed by atoms with Gasteiger partial charge < -0.3 is 30.1 Å². The maximum atomic E-state index is 13.3. The monoisotopic (exact) mass is 1120 g/mol. The van der Waals surface area contributed by atoms with Crippen LogP contribution in [-0.2, 0) is 20.2 Å². The number of hydrogen-bond acceptors (Lipinski definition) is 15. The third-order valence-corrected chi connectivity index (χ3v) is 13.6. The van der Waals surface area contributed by atoms with Crippen molar-refractivity contribution in [2.75, 3.05) is 18.5 Å². The topological polar surface area (TPSA) is 284 Å². The fourth-order valence-corrected chi connectivity index (χ4v) is 9.39. The van der Waals surface area contributed by atoms with Gasteiger partial charge in [0, 0.05) is 38.6 Å². The molecule has 0 atom stereocenters. The Kier molecular flexibility index (Phi) is 19.0. The number of phenols is 1. The summed E-state index contributed by atoms with van der Waals surface area (Å²) in [5, 5.41) is 58.5. The van der Waals surface area contributed by atoms with Crippen LogP contribution in [0.5, 0.6) is 23.0 Å². The van der Waals surface area contributed by atoms with Gasteiger partial charge in [0.05, 0.1) is 41.5 Å². The van der Waals surface area contributed by atoms with E-state index < -0.39 is 53.3 Å². The molecule has 8 aromatic rings. The van der Waals surface area contributed by atoms with Crippen molar-refractivity contribution in [3.63, 3.8) is 0 Å². The van der Waals surface area contributed by atoms with Crippen LogP contribution in [0.15, 0.2) is 169 Å². The van der Waals surface area contributed by atoms with Gasteiger partial charge in [-0.3, -0.25) is 18.9 Å². The number of nitrogens with one attached hydrogen (secondary N) is 1. The molecule has 0 radical (unpaired) electrons. The van der Waals surface area contributed by atoms with Crippen molar-refractivity contribution >= 4 is 149 Å². The SMILES string of the molecule is CCOc1cccc(N=C([O-])c2cc3ccccc3c(N=Nc3cc(Cl)c(C)c(S(=O)(=O)O)c3)c2[O-])c1.CCOc1cccc(NC(=O)c2cc3ccccc3c(N=Nc3cc(Cl)c(C)c(S(=O)(=O)O)c3)c2O)c1.[Ca+2]. The molecule has 0 fully saturated rings. The number of hydrogen-bond donors (Lipinski definition) is 4. The molecule has 23 heteroatoms. The van der Waals surface area contributed by atoms with Crippen LogP contribution in [0.4, 0.5) is 34.1 Å². The van der Waals surface area contributed by atoms with Gasteiger partial charge in [-0.1, -0.05) is 89.6 Å². The van der Waals surface area contributed by atoms with E-state index in [1.165, 1.54) is 38.1 Å². The summed E-state index contributed by atoms with van der Waals surface area (Å²) in [7, 11) is -9.13. The molecule has 0 unspecified atom stereocenters. The number of carbonyl (C=O) groups excluding carboxylic acids is 1. The average Bonchev–Trinajstić information content (AvgIpc) is 3.35. The Morgan fingerprint density at radius 2 is 1.09 bits per heavy atom. The fourth-order valence-electron chi connectivity index (χ4n) is 7.32. The van der Waals surface area contributed by atoms with E-state index in [0.29, 0.717) is 57.6 Å². The van der Waals surface area contributed by atoms with E-state index in [1.807, 2.05) is 13.8 Å². The third-order valence-electron chi connectivity index (χ3n) is 10.9. The summed E-state index contributed by atoms with van der Waals surface area (Å²) < 4.78 is 76.7. The van der Waals surface area contributed by atoms with Gasteiger partial charge >= 0.3 is 37.7 Å². The predicted molar refractivity (Wildman–Crippen MR) is 284 cm³/mol. The number of amides is 1. The minimum Gasteiger partial charge on any atom is -0.871 e. The van der Waals surface area contributed by atoms with E-state index >= 15 is 0 Å². The van der Waals surface area contributed by atoms with Gasteiger partial charge in [-0.05, 0) is 122 Å². The number of ether oxygens (including phenoxy) is 2. The number of azo groups is 2. The van der Waals surface area contributed by atoms with E-state index in [9.17, 15) is 46.1 Å². The summed E-state index contributed by atoms with van der Waals surface area (Å²) in [6.07, 6.45) is 0. The van der Waals surface area contributed by atoms with Crippen molar-refractivity contribution in [2.45, 2.75) is 37.5 Å². The molecule has 8 aromatic carbocycles. The number of benzene rings is 8. The maximum Gasteiger partial charge on any atom is 2.00 e. The van der Waals surface area contributed by atoms with Crippen LogP contribution in [0.1, 0.15) is 40.9 Å². The van der Waals surface area contributed by atoms with Crippen LogP contribution in [0, 0.1) is 13.8 Å². The molecule has 0 aliphatic rings. The normalized spacial score (nSPS) is 11.9. The second kappa shape index (κ2) is 24.7. The third kappa shape index (κ3) is 14.0. The van der Waals surface area contributed by atoms with Crippen molar-refractivity contribution in [1.29, 1.82) is 0 Å². The van der Waals surface area contributed by atoms with Gasteiger partial charge in [-0.2, -0.15) is 32.2 Å². The largest absolute Gasteiger partial charge is 2.00 e. The Labute approximate surface area is 470 Å². The summed E-state index contributed by atoms with van der Waals surface area (Å²) >= 11 is 12.2. The van der Waals surface area contributed by atoms with Gasteiger partial charge in [0.1, 0.15) is 27.0 Å². The number of anilines is 1. The van der Waals surface area contributed by atoms with Crippen LogP contribution in [0.25, 0.3) is 21.5 Å². The van der Waals surface area contributed by atoms with Gasteiger partial charge in [0.25, 0.3) is 26.1 Å². The smallest absolute Gasteiger partial charge is 0.871 e. The van der Waals surface area contributed by atoms with Crippen LogP contribution in [-0.4, -0.2) is 93.8 Å². The second-order valence-corrected chi connectivity index (χ2v) is 19.5. The number of fused-ring (bicyclic) bond motifs is 2. The summed E-state index contributed by atoms with van der Waals surface area (Å²) in [5.41, 5.74) is 0.697. The fraction of sp³-hybridized carbons (Fsp3) is 0.115. The molecule has 0 saturated carbocycles. The number of halogens is 2. The molecule has 4 N–H and O–H groups in total. The number of phenolic OH excluding ortho intramolecular Hbond substituents is 1. The average molecular weight is 1120 g/mol. The summed E-state index contributed by atoms with van der Waals surface area (Å²) in [5.74, 6) is -1.36. The number of aliphatic imine (C=N–C) groups is 1. The van der Waals surface area contributed by atoms with E-state index in [0.717, 1.165) is 12.1 Å². The van der Waals surface area contributed by atoms with Gasteiger partial charge in [0.2, 0.25) is 0 Å². The molecule has 18 nitrogen and oxygen atoms in total. The molecule has 8 rings (SSSR count). The minimum absolute atomic E-state index is 0. The van der Waals surface area contributed by atoms with Gasteiger partial charge in [0.15, 0.2) is 5.75 Å². The first-order valence-corrected chi connectivity index (χ1v) is 25.7. The molecule has 0 aromatic heterocycles. The molecule has 1 amide bonds. The van der Waals surface area contributed by atoms with E-state index in [4.69, 9.17) is 32.7 Å². The van der Waals surface area contributed by atoms with Crippen molar-refractivity contribution in [1.82, 2.24) is 0 Å². The van der Waals surface area contributed by atoms with Crippen LogP contribution in [0.3, 0.4) is 0 Å². The standard InChI is InChI=1S/2C26H22ClN3O6S.Ca/c2*1-3-36-19-9-6-8-17(12-19)28-26(32)21-11-16-7-4-5-10-20(16)24(25(21)31)30-29-18-13-22(27)15(2)23(14-18)37(33,34)35;/h2*4-14,31H,3H2,1-2H3,(H,28,32)(H,33,34,35);/q;;+2/p-2. The first-order chi connectivity index (χ1) is 35.2. The Bertz CT molecular complexity index is 3830. The Morgan fingerprint density at radius 3 is 1.63 bits per heavy atom. The summed E-state index contributed by atoms with van der Waals surface area (Å²) in [4.78, 5) is 16.3. The van der Waals surface area contributed by atoms with E-state index in [2.05, 4.69) is 30.8 Å². The zero-order valence-corrected chi connectivity index (χ0v) is 45.5. The van der Waals surface area contributed by atoms with Gasteiger partial charge in [-0.15, -0.1) is 5.11 Å². The first-order valence-electron chi connectivity index (χ1n) is 22.1. The predicted octanol–water partition coefficient (Wildman–Crippen LogP) is 11.8. The number of rotatable bonds is 14. The molecule has 75 heavy (non-hydrogen) atoms. The molecule has 0 aliphatic heterocycles. The molecule has 0 spiro atoms. The first kappa shape index (κ1) is 57.6. The second-order valence-electron chi connectivity index (χ2n) is 15.9. The van der Waals surface area contributed by atoms with Crippen molar-refractivity contribution in [2.24, 2.45) is 25.4 Å². The summed E-state index contributed by atoms with van der Waals surface area (Å²) in [6.45, 7) is 7.46. The Morgan fingerprint density at radius 1 is 0.613 bits per heavy atom. The molecule has 0 aliphatic carbocycles.